The van der Waals surface area contributed by atoms with E-state index in [4.69, 9.17) is 15.2 Å². The molecule has 2 N–H and O–H groups in total. The molecule has 2 aliphatic rings. The lowest BCUT2D eigenvalue weighted by molar-refractivity contribution is -0.171. The molecule has 0 atom stereocenters. The molecule has 1 spiro atoms. The highest BCUT2D eigenvalue weighted by molar-refractivity contribution is 5.05. The predicted molar refractivity (Wildman–Crippen MR) is 45.4 cm³/mol. The van der Waals surface area contributed by atoms with Crippen LogP contribution in [0.3, 0.4) is 0 Å². The van der Waals surface area contributed by atoms with Gasteiger partial charge in [0.15, 0.2) is 5.79 Å². The molecule has 1 heterocycles. The largest absolute Gasteiger partial charge is 0.405 e. The summed E-state index contributed by atoms with van der Waals surface area (Å²) in [5.41, 5.74) is 6.78. The van der Waals surface area contributed by atoms with Gasteiger partial charge < -0.3 is 15.2 Å². The Labute approximate surface area is 72.5 Å². The third kappa shape index (κ3) is 1.34. The molecular formula is C9H15NO2. The molecule has 0 amide bonds. The zero-order chi connectivity index (χ0) is 8.44. The maximum Gasteiger partial charge on any atom is 0.169 e. The molecule has 0 aromatic carbocycles. The topological polar surface area (TPSA) is 44.5 Å². The molecule has 1 saturated heterocycles. The lowest BCUT2D eigenvalue weighted by atomic mass is 9.90. The van der Waals surface area contributed by atoms with E-state index in [-0.39, 0.29) is 5.79 Å². The average Bonchev–Trinajstić information content (AvgIpc) is 2.55. The van der Waals surface area contributed by atoms with Gasteiger partial charge in [-0.25, -0.2) is 0 Å². The summed E-state index contributed by atoms with van der Waals surface area (Å²) in [6.45, 7) is 1.50. The van der Waals surface area contributed by atoms with Gasteiger partial charge in [0, 0.05) is 12.8 Å². The Balaban J connectivity index is 1.97. The van der Waals surface area contributed by atoms with Gasteiger partial charge in [-0.3, -0.25) is 0 Å². The standard InChI is InChI=1S/C9H15NO2/c10-7-8-1-3-9(4-2-8)11-5-6-12-9/h7H,1-6,10H2. The van der Waals surface area contributed by atoms with E-state index in [0.717, 1.165) is 38.9 Å². The third-order valence-corrected chi connectivity index (χ3v) is 2.70. The highest BCUT2D eigenvalue weighted by atomic mass is 16.7. The summed E-state index contributed by atoms with van der Waals surface area (Å²) in [6.07, 6.45) is 5.71. The Kier molecular flexibility index (Phi) is 2.07. The van der Waals surface area contributed by atoms with Crippen LogP contribution in [0.1, 0.15) is 25.7 Å². The Morgan fingerprint density at radius 1 is 1.17 bits per heavy atom. The van der Waals surface area contributed by atoms with Gasteiger partial charge in [-0.15, -0.1) is 0 Å². The van der Waals surface area contributed by atoms with E-state index in [2.05, 4.69) is 0 Å². The molecule has 3 nitrogen and oxygen atoms in total. The van der Waals surface area contributed by atoms with Crippen LogP contribution in [0.25, 0.3) is 0 Å². The smallest absolute Gasteiger partial charge is 0.169 e. The minimum absolute atomic E-state index is 0.244. The van der Waals surface area contributed by atoms with Crippen molar-refractivity contribution in [2.45, 2.75) is 31.5 Å². The van der Waals surface area contributed by atoms with Gasteiger partial charge in [0.05, 0.1) is 13.2 Å². The minimum atomic E-state index is -0.244. The molecule has 2 rings (SSSR count). The average molecular weight is 169 g/mol. The van der Waals surface area contributed by atoms with Crippen LogP contribution in [-0.4, -0.2) is 19.0 Å². The maximum absolute atomic E-state index is 5.58. The van der Waals surface area contributed by atoms with Crippen molar-refractivity contribution in [1.29, 1.82) is 0 Å². The monoisotopic (exact) mass is 169 g/mol. The van der Waals surface area contributed by atoms with Crippen molar-refractivity contribution in [3.8, 4) is 0 Å². The zero-order valence-corrected chi connectivity index (χ0v) is 7.21. The second kappa shape index (κ2) is 3.07. The van der Waals surface area contributed by atoms with Gasteiger partial charge in [0.1, 0.15) is 0 Å². The Morgan fingerprint density at radius 2 is 1.75 bits per heavy atom. The molecule has 0 bridgehead atoms. The van der Waals surface area contributed by atoms with Crippen LogP contribution in [0.4, 0.5) is 0 Å². The molecule has 1 aliphatic carbocycles. The fourth-order valence-electron chi connectivity index (χ4n) is 1.90. The summed E-state index contributed by atoms with van der Waals surface area (Å²) >= 11 is 0. The third-order valence-electron chi connectivity index (χ3n) is 2.70. The van der Waals surface area contributed by atoms with Crippen molar-refractivity contribution >= 4 is 0 Å². The number of nitrogens with two attached hydrogens (primary N) is 1. The quantitative estimate of drug-likeness (QED) is 0.591. The second-order valence-corrected chi connectivity index (χ2v) is 3.43. The minimum Gasteiger partial charge on any atom is -0.405 e. The fraction of sp³-hybridized carbons (Fsp3) is 0.778. The van der Waals surface area contributed by atoms with E-state index in [1.807, 2.05) is 0 Å². The van der Waals surface area contributed by atoms with E-state index in [9.17, 15) is 0 Å². The lowest BCUT2D eigenvalue weighted by Crippen LogP contribution is -2.33. The van der Waals surface area contributed by atoms with Crippen molar-refractivity contribution in [3.05, 3.63) is 11.8 Å². The van der Waals surface area contributed by atoms with Crippen molar-refractivity contribution < 1.29 is 9.47 Å². The number of rotatable bonds is 0. The first kappa shape index (κ1) is 8.08. The summed E-state index contributed by atoms with van der Waals surface area (Å²) in [5.74, 6) is -0.244. The fourth-order valence-corrected chi connectivity index (χ4v) is 1.90. The number of allylic oxidation sites excluding steroid dienone is 1. The van der Waals surface area contributed by atoms with E-state index in [0.29, 0.717) is 0 Å². The van der Waals surface area contributed by atoms with Crippen LogP contribution in [0.2, 0.25) is 0 Å². The van der Waals surface area contributed by atoms with Crippen LogP contribution in [0, 0.1) is 0 Å². The van der Waals surface area contributed by atoms with Crippen LogP contribution < -0.4 is 5.73 Å². The molecule has 68 valence electrons. The highest BCUT2D eigenvalue weighted by Crippen LogP contribution is 2.37. The molecule has 0 radical (unpaired) electrons. The summed E-state index contributed by atoms with van der Waals surface area (Å²) < 4.78 is 11.2. The predicted octanol–water partition coefficient (Wildman–Crippen LogP) is 1.15. The Bertz CT molecular complexity index is 183. The van der Waals surface area contributed by atoms with Crippen molar-refractivity contribution in [2.75, 3.05) is 13.2 Å². The van der Waals surface area contributed by atoms with Crippen LogP contribution >= 0.6 is 0 Å². The van der Waals surface area contributed by atoms with Crippen LogP contribution in [-0.2, 0) is 9.47 Å². The first-order valence-electron chi connectivity index (χ1n) is 4.52. The summed E-state index contributed by atoms with van der Waals surface area (Å²) in [4.78, 5) is 0. The maximum atomic E-state index is 5.58. The van der Waals surface area contributed by atoms with Gasteiger partial charge in [-0.2, -0.15) is 0 Å². The van der Waals surface area contributed by atoms with E-state index in [1.54, 1.807) is 6.20 Å². The number of ether oxygens (including phenoxy) is 2. The molecule has 1 saturated carbocycles. The Hall–Kier alpha value is -0.540. The highest BCUT2D eigenvalue weighted by Gasteiger charge is 2.38. The SMILES string of the molecule is NC=C1CCC2(CC1)OCCO2. The zero-order valence-electron chi connectivity index (χ0n) is 7.21. The van der Waals surface area contributed by atoms with E-state index in [1.165, 1.54) is 5.57 Å². The molecule has 0 aromatic rings. The summed E-state index contributed by atoms with van der Waals surface area (Å²) in [6, 6.07) is 0. The van der Waals surface area contributed by atoms with E-state index >= 15 is 0 Å². The van der Waals surface area contributed by atoms with Crippen LogP contribution in [0.15, 0.2) is 11.8 Å². The van der Waals surface area contributed by atoms with Crippen molar-refractivity contribution in [2.24, 2.45) is 5.73 Å². The normalized spacial score (nSPS) is 27.8. The van der Waals surface area contributed by atoms with Crippen molar-refractivity contribution in [1.82, 2.24) is 0 Å². The van der Waals surface area contributed by atoms with Crippen LogP contribution in [0.5, 0.6) is 0 Å². The Morgan fingerprint density at radius 3 is 2.25 bits per heavy atom. The second-order valence-electron chi connectivity index (χ2n) is 3.43. The lowest BCUT2D eigenvalue weighted by Gasteiger charge is -2.32. The molecular weight excluding hydrogens is 154 g/mol. The number of hydrogen-bond donors (Lipinski definition) is 1. The summed E-state index contributed by atoms with van der Waals surface area (Å²) in [7, 11) is 0. The first-order valence-corrected chi connectivity index (χ1v) is 4.52. The molecule has 12 heavy (non-hydrogen) atoms. The molecule has 0 aromatic heterocycles. The van der Waals surface area contributed by atoms with Gasteiger partial charge in [0.2, 0.25) is 0 Å². The molecule has 2 fully saturated rings. The summed E-state index contributed by atoms with van der Waals surface area (Å²) in [5, 5.41) is 0. The van der Waals surface area contributed by atoms with Gasteiger partial charge >= 0.3 is 0 Å². The van der Waals surface area contributed by atoms with Crippen molar-refractivity contribution in [3.63, 3.8) is 0 Å². The molecule has 0 unspecified atom stereocenters. The van der Waals surface area contributed by atoms with Gasteiger partial charge in [-0.05, 0) is 19.0 Å². The first-order chi connectivity index (χ1) is 5.85. The van der Waals surface area contributed by atoms with Gasteiger partial charge in [-0.1, -0.05) is 5.57 Å². The molecule has 1 aliphatic heterocycles. The number of hydrogen-bond acceptors (Lipinski definition) is 3. The van der Waals surface area contributed by atoms with Gasteiger partial charge in [0.25, 0.3) is 0 Å². The molecule has 3 heteroatoms. The van der Waals surface area contributed by atoms with E-state index < -0.39 is 0 Å².